The number of nitrogens with zero attached hydrogens (tertiary/aromatic N) is 1. The number of carbonyl (C=O) groups excluding carboxylic acids is 1. The zero-order valence-corrected chi connectivity index (χ0v) is 21.0. The summed E-state index contributed by atoms with van der Waals surface area (Å²) in [5.41, 5.74) is -3.23. The molecule has 1 amide bonds. The average Bonchev–Trinajstić information content (AvgIpc) is 2.85. The monoisotopic (exact) mass is 571 g/mol. The summed E-state index contributed by atoms with van der Waals surface area (Å²) in [5, 5.41) is 2.51. The highest BCUT2D eigenvalue weighted by Gasteiger charge is 2.38. The second kappa shape index (κ2) is 11.4. The summed E-state index contributed by atoms with van der Waals surface area (Å²) in [7, 11) is 0. The SMILES string of the molecule is CCc1cc(=O)[nH]c(-c2c(C(F)(F)F)ccc(CNC(=O)C3CC(OCc4ccc(C(F)(F)F)cc4)C3)c2F)n1. The topological polar surface area (TPSA) is 84.1 Å². The maximum absolute atomic E-state index is 15.4. The van der Waals surface area contributed by atoms with Crippen molar-refractivity contribution in [3.05, 3.63) is 86.6 Å². The van der Waals surface area contributed by atoms with Crippen LogP contribution in [-0.4, -0.2) is 22.0 Å². The highest BCUT2D eigenvalue weighted by atomic mass is 19.4. The van der Waals surface area contributed by atoms with E-state index in [9.17, 15) is 35.9 Å². The van der Waals surface area contributed by atoms with Crippen LogP contribution in [0.25, 0.3) is 11.4 Å². The van der Waals surface area contributed by atoms with E-state index < -0.39 is 64.6 Å². The van der Waals surface area contributed by atoms with Gasteiger partial charge < -0.3 is 15.0 Å². The van der Waals surface area contributed by atoms with Crippen molar-refractivity contribution in [2.75, 3.05) is 0 Å². The Hall–Kier alpha value is -3.74. The van der Waals surface area contributed by atoms with Crippen molar-refractivity contribution >= 4 is 5.91 Å². The van der Waals surface area contributed by atoms with E-state index in [1.165, 1.54) is 12.1 Å². The van der Waals surface area contributed by atoms with E-state index in [0.717, 1.165) is 24.3 Å². The lowest BCUT2D eigenvalue weighted by atomic mass is 9.81. The Morgan fingerprint density at radius 2 is 1.73 bits per heavy atom. The maximum atomic E-state index is 15.4. The normalized spacial score (nSPS) is 17.4. The van der Waals surface area contributed by atoms with Crippen LogP contribution in [0.4, 0.5) is 30.7 Å². The van der Waals surface area contributed by atoms with Crippen LogP contribution in [0.1, 0.15) is 47.7 Å². The second-order valence-corrected chi connectivity index (χ2v) is 9.41. The number of alkyl halides is 6. The van der Waals surface area contributed by atoms with E-state index >= 15 is 4.39 Å². The third-order valence-electron chi connectivity index (χ3n) is 6.61. The number of aryl methyl sites for hydroxylation is 1. The number of rotatable bonds is 8. The molecule has 0 radical (unpaired) electrons. The van der Waals surface area contributed by atoms with Crippen molar-refractivity contribution in [2.45, 2.75) is 57.8 Å². The number of carbonyl (C=O) groups is 1. The first-order chi connectivity index (χ1) is 18.8. The zero-order chi connectivity index (χ0) is 29.2. The smallest absolute Gasteiger partial charge is 0.373 e. The van der Waals surface area contributed by atoms with Crippen LogP contribution in [0.5, 0.6) is 0 Å². The third kappa shape index (κ3) is 6.69. The molecule has 0 bridgehead atoms. The fourth-order valence-electron chi connectivity index (χ4n) is 4.28. The number of halogens is 7. The van der Waals surface area contributed by atoms with Crippen LogP contribution in [-0.2, 0) is 41.5 Å². The molecule has 3 aromatic rings. The van der Waals surface area contributed by atoms with Crippen LogP contribution < -0.4 is 10.9 Å². The molecule has 0 unspecified atom stereocenters. The molecule has 4 rings (SSSR count). The molecular formula is C27H24F7N3O3. The number of hydrogen-bond acceptors (Lipinski definition) is 4. The molecule has 1 aliphatic rings. The van der Waals surface area contributed by atoms with Gasteiger partial charge in [0.2, 0.25) is 5.91 Å². The second-order valence-electron chi connectivity index (χ2n) is 9.41. The predicted octanol–water partition coefficient (Wildman–Crippen LogP) is 5.79. The third-order valence-corrected chi connectivity index (χ3v) is 6.61. The number of amides is 1. The molecule has 0 aliphatic heterocycles. The minimum Gasteiger partial charge on any atom is -0.373 e. The zero-order valence-electron chi connectivity index (χ0n) is 21.0. The standard InChI is InChI=1S/C27H24F7N3O3/c1-2-18-11-21(38)37-24(36-18)22-20(27(32,33)34)8-5-15(23(22)28)12-35-25(39)16-9-19(10-16)40-13-14-3-6-17(7-4-14)26(29,30)31/h3-8,11,16,19H,2,9-10,12-13H2,1H3,(H,35,39)(H,36,37,38). The summed E-state index contributed by atoms with van der Waals surface area (Å²) in [6, 6.07) is 7.22. The number of ether oxygens (including phenoxy) is 1. The van der Waals surface area contributed by atoms with Gasteiger partial charge in [0.15, 0.2) is 0 Å². The molecule has 13 heteroatoms. The molecule has 1 heterocycles. The number of nitrogens with one attached hydrogen (secondary N) is 2. The molecule has 0 spiro atoms. The van der Waals surface area contributed by atoms with Gasteiger partial charge in [0.1, 0.15) is 11.6 Å². The Balaban J connectivity index is 1.38. The highest BCUT2D eigenvalue weighted by Crippen LogP contribution is 2.38. The Morgan fingerprint density at radius 3 is 2.33 bits per heavy atom. The highest BCUT2D eigenvalue weighted by molar-refractivity contribution is 5.79. The maximum Gasteiger partial charge on any atom is 0.417 e. The number of H-pyrrole nitrogens is 1. The molecule has 0 atom stereocenters. The molecule has 1 aliphatic carbocycles. The van der Waals surface area contributed by atoms with Crippen molar-refractivity contribution in [3.8, 4) is 11.4 Å². The Labute approximate surface area is 223 Å². The van der Waals surface area contributed by atoms with E-state index in [4.69, 9.17) is 4.74 Å². The van der Waals surface area contributed by atoms with Crippen molar-refractivity contribution in [1.82, 2.24) is 15.3 Å². The van der Waals surface area contributed by atoms with Crippen LogP contribution in [0.3, 0.4) is 0 Å². The quantitative estimate of drug-likeness (QED) is 0.336. The van der Waals surface area contributed by atoms with Gasteiger partial charge in [-0.25, -0.2) is 9.37 Å². The fraction of sp³-hybridized carbons (Fsp3) is 0.370. The van der Waals surface area contributed by atoms with Crippen molar-refractivity contribution in [2.24, 2.45) is 5.92 Å². The van der Waals surface area contributed by atoms with Gasteiger partial charge in [-0.15, -0.1) is 0 Å². The van der Waals surface area contributed by atoms with Gasteiger partial charge in [0, 0.05) is 29.8 Å². The van der Waals surface area contributed by atoms with Crippen molar-refractivity contribution in [3.63, 3.8) is 0 Å². The lowest BCUT2D eigenvalue weighted by molar-refractivity contribution is -0.138. The Morgan fingerprint density at radius 1 is 1.05 bits per heavy atom. The Bertz CT molecular complexity index is 1430. The molecule has 1 aromatic heterocycles. The first kappa shape index (κ1) is 29.2. The summed E-state index contributed by atoms with van der Waals surface area (Å²) < 4.78 is 100.0. The van der Waals surface area contributed by atoms with Crippen molar-refractivity contribution < 1.29 is 40.3 Å². The van der Waals surface area contributed by atoms with Gasteiger partial charge in [0.25, 0.3) is 5.56 Å². The van der Waals surface area contributed by atoms with Crippen molar-refractivity contribution in [1.29, 1.82) is 0 Å². The average molecular weight is 571 g/mol. The number of aromatic amines is 1. The molecule has 1 saturated carbocycles. The van der Waals surface area contributed by atoms with Gasteiger partial charge in [-0.3, -0.25) is 9.59 Å². The Kier molecular flexibility index (Phi) is 8.33. The van der Waals surface area contributed by atoms with Crippen LogP contribution in [0, 0.1) is 11.7 Å². The van der Waals surface area contributed by atoms with Gasteiger partial charge in [-0.1, -0.05) is 25.1 Å². The molecule has 0 saturated heterocycles. The summed E-state index contributed by atoms with van der Waals surface area (Å²) in [6.45, 7) is 1.30. The van der Waals surface area contributed by atoms with Gasteiger partial charge in [-0.2, -0.15) is 26.3 Å². The lowest BCUT2D eigenvalue weighted by Crippen LogP contribution is -2.42. The first-order valence-electron chi connectivity index (χ1n) is 12.3. The van der Waals surface area contributed by atoms with Crippen LogP contribution in [0.2, 0.25) is 0 Å². The van der Waals surface area contributed by atoms with Gasteiger partial charge in [-0.05, 0) is 43.0 Å². The minimum atomic E-state index is -4.93. The molecular weight excluding hydrogens is 547 g/mol. The summed E-state index contributed by atoms with van der Waals surface area (Å²) in [6.07, 6.45) is -8.79. The molecule has 2 N–H and O–H groups in total. The van der Waals surface area contributed by atoms with E-state index in [0.29, 0.717) is 24.5 Å². The largest absolute Gasteiger partial charge is 0.417 e. The van der Waals surface area contributed by atoms with Gasteiger partial charge in [0.05, 0.1) is 29.4 Å². The number of benzene rings is 2. The molecule has 6 nitrogen and oxygen atoms in total. The van der Waals surface area contributed by atoms with Crippen LogP contribution >= 0.6 is 0 Å². The summed E-state index contributed by atoms with van der Waals surface area (Å²) >= 11 is 0. The van der Waals surface area contributed by atoms with E-state index in [1.54, 1.807) is 6.92 Å². The minimum absolute atomic E-state index is 0.0616. The van der Waals surface area contributed by atoms with E-state index in [-0.39, 0.29) is 30.4 Å². The van der Waals surface area contributed by atoms with Crippen LogP contribution in [0.15, 0.2) is 47.3 Å². The molecule has 2 aromatic carbocycles. The summed E-state index contributed by atoms with van der Waals surface area (Å²) in [5.74, 6) is -2.75. The number of hydrogen-bond donors (Lipinski definition) is 2. The van der Waals surface area contributed by atoms with Gasteiger partial charge >= 0.3 is 12.4 Å². The van der Waals surface area contributed by atoms with E-state index in [2.05, 4.69) is 15.3 Å². The molecule has 40 heavy (non-hydrogen) atoms. The molecule has 1 fully saturated rings. The fourth-order valence-corrected chi connectivity index (χ4v) is 4.28. The number of aromatic nitrogens is 2. The summed E-state index contributed by atoms with van der Waals surface area (Å²) in [4.78, 5) is 30.6. The molecule has 214 valence electrons. The van der Waals surface area contributed by atoms with E-state index in [1.807, 2.05) is 0 Å². The first-order valence-corrected chi connectivity index (χ1v) is 12.3. The lowest BCUT2D eigenvalue weighted by Gasteiger charge is -2.34. The predicted molar refractivity (Wildman–Crippen MR) is 129 cm³/mol.